The molecule has 100 valence electrons. The summed E-state index contributed by atoms with van der Waals surface area (Å²) in [6, 6.07) is 4.17. The van der Waals surface area contributed by atoms with Crippen LogP contribution in [0.5, 0.6) is 5.75 Å². The Hall–Kier alpha value is -1.94. The minimum absolute atomic E-state index is 0.0238. The van der Waals surface area contributed by atoms with Crippen LogP contribution in [0, 0.1) is 13.8 Å². The summed E-state index contributed by atoms with van der Waals surface area (Å²) in [5.74, 6) is 0.877. The van der Waals surface area contributed by atoms with Crippen LogP contribution >= 0.6 is 0 Å². The number of hydrogen-bond donors (Lipinski definition) is 1. The molecule has 0 bridgehead atoms. The average molecular weight is 257 g/mol. The van der Waals surface area contributed by atoms with Crippen molar-refractivity contribution >= 4 is 0 Å². The van der Waals surface area contributed by atoms with E-state index in [0.29, 0.717) is 0 Å². The Morgan fingerprint density at radius 2 is 2.00 bits per heavy atom. The van der Waals surface area contributed by atoms with Gasteiger partial charge >= 0.3 is 0 Å². The fourth-order valence-electron chi connectivity index (χ4n) is 2.38. The lowest BCUT2D eigenvalue weighted by Gasteiger charge is -2.21. The summed E-state index contributed by atoms with van der Waals surface area (Å²) in [5.41, 5.74) is 4.36. The summed E-state index contributed by atoms with van der Waals surface area (Å²) in [4.78, 5) is 8.52. The Morgan fingerprint density at radius 3 is 2.58 bits per heavy atom. The molecule has 1 atom stereocenters. The van der Waals surface area contributed by atoms with Crippen molar-refractivity contribution in [3.05, 3.63) is 53.1 Å². The zero-order valence-corrected chi connectivity index (χ0v) is 11.8. The van der Waals surface area contributed by atoms with Gasteiger partial charge in [0.05, 0.1) is 25.0 Å². The molecule has 0 saturated heterocycles. The SMILES string of the molecule is CNC(c1cnccn1)c1c(C)cc(C)cc1OC. The van der Waals surface area contributed by atoms with Crippen molar-refractivity contribution in [2.24, 2.45) is 0 Å². The molecule has 0 saturated carbocycles. The van der Waals surface area contributed by atoms with Gasteiger partial charge in [-0.1, -0.05) is 6.07 Å². The van der Waals surface area contributed by atoms with Gasteiger partial charge in [0.15, 0.2) is 0 Å². The summed E-state index contributed by atoms with van der Waals surface area (Å²) in [6.07, 6.45) is 5.16. The van der Waals surface area contributed by atoms with Gasteiger partial charge < -0.3 is 10.1 Å². The summed E-state index contributed by atoms with van der Waals surface area (Å²) < 4.78 is 5.52. The predicted molar refractivity (Wildman–Crippen MR) is 75.4 cm³/mol. The number of aryl methyl sites for hydroxylation is 2. The van der Waals surface area contributed by atoms with E-state index in [-0.39, 0.29) is 6.04 Å². The fourth-order valence-corrected chi connectivity index (χ4v) is 2.38. The van der Waals surface area contributed by atoms with Crippen molar-refractivity contribution in [2.75, 3.05) is 14.2 Å². The van der Waals surface area contributed by atoms with Gasteiger partial charge in [-0.05, 0) is 38.1 Å². The highest BCUT2D eigenvalue weighted by atomic mass is 16.5. The molecule has 1 N–H and O–H groups in total. The predicted octanol–water partition coefficient (Wildman–Crippen LogP) is 2.41. The molecule has 0 radical (unpaired) electrons. The van der Waals surface area contributed by atoms with Crippen molar-refractivity contribution in [3.63, 3.8) is 0 Å². The standard InChI is InChI=1S/C15H19N3O/c1-10-7-11(2)14(13(8-10)19-4)15(16-3)12-9-17-5-6-18-12/h5-9,15-16H,1-4H3. The average Bonchev–Trinajstić information content (AvgIpc) is 2.42. The molecule has 1 heterocycles. The van der Waals surface area contributed by atoms with Gasteiger partial charge in [0.1, 0.15) is 5.75 Å². The minimum atomic E-state index is -0.0238. The van der Waals surface area contributed by atoms with Crippen LogP contribution in [-0.2, 0) is 0 Å². The molecule has 0 fully saturated rings. The number of rotatable bonds is 4. The first-order valence-corrected chi connectivity index (χ1v) is 6.25. The Bertz CT molecular complexity index is 555. The second-order valence-electron chi connectivity index (χ2n) is 4.55. The molecule has 1 aromatic heterocycles. The van der Waals surface area contributed by atoms with E-state index in [1.807, 2.05) is 13.1 Å². The van der Waals surface area contributed by atoms with Crippen LogP contribution in [-0.4, -0.2) is 24.1 Å². The van der Waals surface area contributed by atoms with Crippen molar-refractivity contribution in [1.29, 1.82) is 0 Å². The number of aromatic nitrogens is 2. The van der Waals surface area contributed by atoms with E-state index in [1.165, 1.54) is 11.1 Å². The molecule has 0 aliphatic heterocycles. The summed E-state index contributed by atoms with van der Waals surface area (Å²) >= 11 is 0. The van der Waals surface area contributed by atoms with E-state index in [2.05, 4.69) is 35.2 Å². The van der Waals surface area contributed by atoms with Gasteiger partial charge in [-0.25, -0.2) is 0 Å². The third-order valence-corrected chi connectivity index (χ3v) is 3.17. The molecule has 2 aromatic rings. The zero-order chi connectivity index (χ0) is 13.8. The van der Waals surface area contributed by atoms with Gasteiger partial charge in [0.25, 0.3) is 0 Å². The zero-order valence-electron chi connectivity index (χ0n) is 11.8. The van der Waals surface area contributed by atoms with Crippen molar-refractivity contribution in [2.45, 2.75) is 19.9 Å². The first-order valence-electron chi connectivity index (χ1n) is 6.25. The smallest absolute Gasteiger partial charge is 0.124 e. The number of nitrogens with zero attached hydrogens (tertiary/aromatic N) is 2. The highest BCUT2D eigenvalue weighted by molar-refractivity contribution is 5.47. The lowest BCUT2D eigenvalue weighted by atomic mass is 9.96. The Kier molecular flexibility index (Phi) is 4.12. The maximum absolute atomic E-state index is 5.52. The molecule has 19 heavy (non-hydrogen) atoms. The second kappa shape index (κ2) is 5.80. The fraction of sp³-hybridized carbons (Fsp3) is 0.333. The summed E-state index contributed by atoms with van der Waals surface area (Å²) in [7, 11) is 3.61. The van der Waals surface area contributed by atoms with Crippen molar-refractivity contribution in [3.8, 4) is 5.75 Å². The Morgan fingerprint density at radius 1 is 1.21 bits per heavy atom. The van der Waals surface area contributed by atoms with E-state index in [0.717, 1.165) is 17.0 Å². The molecule has 4 heteroatoms. The number of ether oxygens (including phenoxy) is 1. The van der Waals surface area contributed by atoms with Crippen LogP contribution in [0.2, 0.25) is 0 Å². The molecule has 0 amide bonds. The molecule has 0 aliphatic rings. The number of methoxy groups -OCH3 is 1. The monoisotopic (exact) mass is 257 g/mol. The summed E-state index contributed by atoms with van der Waals surface area (Å²) in [5, 5.41) is 3.29. The first kappa shape index (κ1) is 13.5. The van der Waals surface area contributed by atoms with E-state index in [4.69, 9.17) is 4.74 Å². The van der Waals surface area contributed by atoms with Gasteiger partial charge in [-0.15, -0.1) is 0 Å². The van der Waals surface area contributed by atoms with E-state index >= 15 is 0 Å². The highest BCUT2D eigenvalue weighted by Crippen LogP contribution is 2.32. The summed E-state index contributed by atoms with van der Waals surface area (Å²) in [6.45, 7) is 4.15. The van der Waals surface area contributed by atoms with Crippen LogP contribution in [0.3, 0.4) is 0 Å². The highest BCUT2D eigenvalue weighted by Gasteiger charge is 2.20. The number of nitrogens with one attached hydrogen (secondary N) is 1. The molecule has 4 nitrogen and oxygen atoms in total. The molecular weight excluding hydrogens is 238 g/mol. The van der Waals surface area contributed by atoms with Gasteiger partial charge in [-0.3, -0.25) is 9.97 Å². The van der Waals surface area contributed by atoms with E-state index in [9.17, 15) is 0 Å². The normalized spacial score (nSPS) is 12.2. The minimum Gasteiger partial charge on any atom is -0.496 e. The number of hydrogen-bond acceptors (Lipinski definition) is 4. The largest absolute Gasteiger partial charge is 0.496 e. The molecular formula is C15H19N3O. The van der Waals surface area contributed by atoms with E-state index < -0.39 is 0 Å². The Balaban J connectivity index is 2.55. The van der Waals surface area contributed by atoms with Gasteiger partial charge in [0, 0.05) is 18.0 Å². The van der Waals surface area contributed by atoms with Crippen LogP contribution in [0.25, 0.3) is 0 Å². The topological polar surface area (TPSA) is 47.0 Å². The Labute approximate surface area is 113 Å². The molecule has 0 aliphatic carbocycles. The van der Waals surface area contributed by atoms with Crippen molar-refractivity contribution in [1.82, 2.24) is 15.3 Å². The third-order valence-electron chi connectivity index (χ3n) is 3.17. The number of benzene rings is 1. The molecule has 2 rings (SSSR count). The lowest BCUT2D eigenvalue weighted by molar-refractivity contribution is 0.404. The maximum atomic E-state index is 5.52. The maximum Gasteiger partial charge on any atom is 0.124 e. The van der Waals surface area contributed by atoms with Crippen LogP contribution in [0.4, 0.5) is 0 Å². The molecule has 0 spiro atoms. The van der Waals surface area contributed by atoms with Gasteiger partial charge in [-0.2, -0.15) is 0 Å². The first-order chi connectivity index (χ1) is 9.17. The lowest BCUT2D eigenvalue weighted by Crippen LogP contribution is -2.21. The third kappa shape index (κ3) is 2.74. The van der Waals surface area contributed by atoms with Gasteiger partial charge in [0.2, 0.25) is 0 Å². The van der Waals surface area contributed by atoms with Crippen molar-refractivity contribution < 1.29 is 4.74 Å². The van der Waals surface area contributed by atoms with E-state index in [1.54, 1.807) is 25.7 Å². The van der Waals surface area contributed by atoms with Crippen LogP contribution in [0.15, 0.2) is 30.7 Å². The molecule has 1 aromatic carbocycles. The molecule has 1 unspecified atom stereocenters. The van der Waals surface area contributed by atoms with Crippen LogP contribution in [0.1, 0.15) is 28.4 Å². The van der Waals surface area contributed by atoms with Crippen LogP contribution < -0.4 is 10.1 Å². The quantitative estimate of drug-likeness (QED) is 0.913. The second-order valence-corrected chi connectivity index (χ2v) is 4.55.